The number of anilines is 1. The zero-order valence-electron chi connectivity index (χ0n) is 14.2. The maximum Gasteiger partial charge on any atom is 0.257 e. The number of nitrogens with zero attached hydrogens (tertiary/aromatic N) is 2. The fraction of sp³-hybridized carbons (Fsp3) is 0.263. The Morgan fingerprint density at radius 3 is 2.31 bits per heavy atom. The number of rotatable bonds is 4. The van der Waals surface area contributed by atoms with E-state index in [-0.39, 0.29) is 10.5 Å². The van der Waals surface area contributed by atoms with Crippen molar-refractivity contribution < 1.29 is 13.2 Å². The number of hydrogen-bond acceptors (Lipinski definition) is 4. The zero-order valence-corrected chi connectivity index (χ0v) is 15.0. The molecule has 0 radical (unpaired) electrons. The number of sulfonamides is 1. The standard InChI is InChI=1S/C19H19N3O3S/c20-14-15-8-10-16(11-9-15)21-19(23)17-6-2-3-7-18(17)26(24,25)22-12-4-1-5-13-22/h2-3,6-11H,1,4-5,12-13H2,(H,21,23). The first-order chi connectivity index (χ1) is 12.5. The number of piperidine rings is 1. The molecule has 0 aromatic heterocycles. The van der Waals surface area contributed by atoms with E-state index in [9.17, 15) is 13.2 Å². The molecule has 1 heterocycles. The summed E-state index contributed by atoms with van der Waals surface area (Å²) in [5.41, 5.74) is 1.10. The van der Waals surface area contributed by atoms with Crippen molar-refractivity contribution in [1.29, 1.82) is 5.26 Å². The first kappa shape index (κ1) is 18.1. The second-order valence-electron chi connectivity index (χ2n) is 6.10. The van der Waals surface area contributed by atoms with Crippen LogP contribution in [0.5, 0.6) is 0 Å². The first-order valence-corrected chi connectivity index (χ1v) is 9.87. The number of carbonyl (C=O) groups excluding carboxylic acids is 1. The SMILES string of the molecule is N#Cc1ccc(NC(=O)c2ccccc2S(=O)(=O)N2CCCCC2)cc1. The minimum absolute atomic E-state index is 0.0213. The minimum Gasteiger partial charge on any atom is -0.322 e. The third kappa shape index (κ3) is 3.77. The van der Waals surface area contributed by atoms with Crippen LogP contribution in [0.15, 0.2) is 53.4 Å². The Morgan fingerprint density at radius 1 is 1.00 bits per heavy atom. The molecule has 26 heavy (non-hydrogen) atoms. The van der Waals surface area contributed by atoms with Crippen molar-refractivity contribution in [2.24, 2.45) is 0 Å². The molecule has 1 N–H and O–H groups in total. The molecule has 0 unspecified atom stereocenters. The van der Waals surface area contributed by atoms with Crippen molar-refractivity contribution in [1.82, 2.24) is 4.31 Å². The van der Waals surface area contributed by atoms with E-state index in [0.717, 1.165) is 19.3 Å². The van der Waals surface area contributed by atoms with Crippen LogP contribution in [0.3, 0.4) is 0 Å². The number of benzene rings is 2. The molecular formula is C19H19N3O3S. The molecule has 0 aliphatic carbocycles. The molecule has 6 nitrogen and oxygen atoms in total. The summed E-state index contributed by atoms with van der Waals surface area (Å²) in [7, 11) is -3.71. The Balaban J connectivity index is 1.88. The average molecular weight is 369 g/mol. The Morgan fingerprint density at radius 2 is 1.65 bits per heavy atom. The molecule has 2 aromatic rings. The maximum atomic E-state index is 13.0. The lowest BCUT2D eigenvalue weighted by atomic mass is 10.2. The highest BCUT2D eigenvalue weighted by atomic mass is 32.2. The normalized spacial score (nSPS) is 15.2. The second kappa shape index (κ2) is 7.68. The lowest BCUT2D eigenvalue weighted by Gasteiger charge is -2.26. The summed E-state index contributed by atoms with van der Waals surface area (Å²) in [6.45, 7) is 0.960. The van der Waals surface area contributed by atoms with E-state index in [2.05, 4.69) is 5.32 Å². The van der Waals surface area contributed by atoms with Crippen LogP contribution in [-0.2, 0) is 10.0 Å². The summed E-state index contributed by atoms with van der Waals surface area (Å²) < 4.78 is 27.4. The van der Waals surface area contributed by atoms with Crippen molar-refractivity contribution in [3.05, 3.63) is 59.7 Å². The third-order valence-corrected chi connectivity index (χ3v) is 6.29. The molecule has 7 heteroatoms. The predicted molar refractivity (Wildman–Crippen MR) is 98.2 cm³/mol. The van der Waals surface area contributed by atoms with Gasteiger partial charge in [-0.25, -0.2) is 8.42 Å². The van der Waals surface area contributed by atoms with Crippen molar-refractivity contribution in [2.75, 3.05) is 18.4 Å². The van der Waals surface area contributed by atoms with E-state index >= 15 is 0 Å². The van der Waals surface area contributed by atoms with E-state index < -0.39 is 15.9 Å². The lowest BCUT2D eigenvalue weighted by Crippen LogP contribution is -2.36. The van der Waals surface area contributed by atoms with Crippen molar-refractivity contribution in [3.8, 4) is 6.07 Å². The van der Waals surface area contributed by atoms with Gasteiger partial charge >= 0.3 is 0 Å². The molecular weight excluding hydrogens is 350 g/mol. The second-order valence-corrected chi connectivity index (χ2v) is 8.01. The summed E-state index contributed by atoms with van der Waals surface area (Å²) in [6, 6.07) is 14.6. The monoisotopic (exact) mass is 369 g/mol. The highest BCUT2D eigenvalue weighted by molar-refractivity contribution is 7.89. The smallest absolute Gasteiger partial charge is 0.257 e. The highest BCUT2D eigenvalue weighted by Gasteiger charge is 2.29. The molecule has 2 aromatic carbocycles. The largest absolute Gasteiger partial charge is 0.322 e. The van der Waals surface area contributed by atoms with Crippen LogP contribution in [0, 0.1) is 11.3 Å². The van der Waals surface area contributed by atoms with Crippen molar-refractivity contribution >= 4 is 21.6 Å². The van der Waals surface area contributed by atoms with Gasteiger partial charge in [-0.05, 0) is 49.2 Å². The summed E-state index contributed by atoms with van der Waals surface area (Å²) >= 11 is 0. The molecule has 1 aliphatic heterocycles. The van der Waals surface area contributed by atoms with Gasteiger partial charge in [-0.15, -0.1) is 0 Å². The molecule has 1 fully saturated rings. The van der Waals surface area contributed by atoms with Crippen LogP contribution in [-0.4, -0.2) is 31.7 Å². The van der Waals surface area contributed by atoms with Gasteiger partial charge in [0.15, 0.2) is 0 Å². The molecule has 1 saturated heterocycles. The van der Waals surface area contributed by atoms with Gasteiger partial charge in [0.2, 0.25) is 10.0 Å². The molecule has 134 valence electrons. The molecule has 1 amide bonds. The molecule has 3 rings (SSSR count). The average Bonchev–Trinajstić information content (AvgIpc) is 2.69. The van der Waals surface area contributed by atoms with Crippen LogP contribution < -0.4 is 5.32 Å². The summed E-state index contributed by atoms with van der Waals surface area (Å²) in [5.74, 6) is -0.495. The molecule has 0 spiro atoms. The maximum absolute atomic E-state index is 13.0. The van der Waals surface area contributed by atoms with E-state index in [1.54, 1.807) is 36.4 Å². The molecule has 1 aliphatic rings. The lowest BCUT2D eigenvalue weighted by molar-refractivity contribution is 0.102. The number of carbonyl (C=O) groups is 1. The zero-order chi connectivity index (χ0) is 18.6. The van der Waals surface area contributed by atoms with Gasteiger partial charge < -0.3 is 5.32 Å². The van der Waals surface area contributed by atoms with E-state index in [1.165, 1.54) is 16.4 Å². The van der Waals surface area contributed by atoms with Crippen LogP contribution in [0.1, 0.15) is 35.2 Å². The van der Waals surface area contributed by atoms with Gasteiger partial charge in [0, 0.05) is 18.8 Å². The quantitative estimate of drug-likeness (QED) is 0.897. The third-order valence-electron chi connectivity index (χ3n) is 4.34. The Bertz CT molecular complexity index is 941. The van der Waals surface area contributed by atoms with Gasteiger partial charge in [-0.3, -0.25) is 4.79 Å². The molecule has 0 atom stereocenters. The number of nitriles is 1. The topological polar surface area (TPSA) is 90.3 Å². The van der Waals surface area contributed by atoms with Gasteiger partial charge in [-0.2, -0.15) is 9.57 Å². The van der Waals surface area contributed by atoms with Crippen LogP contribution in [0.4, 0.5) is 5.69 Å². The van der Waals surface area contributed by atoms with E-state index in [1.807, 2.05) is 6.07 Å². The van der Waals surface area contributed by atoms with E-state index in [4.69, 9.17) is 5.26 Å². The molecule has 0 bridgehead atoms. The fourth-order valence-electron chi connectivity index (χ4n) is 2.95. The predicted octanol–water partition coefficient (Wildman–Crippen LogP) is 2.99. The molecule has 0 saturated carbocycles. The fourth-order valence-corrected chi connectivity index (χ4v) is 4.66. The van der Waals surface area contributed by atoms with Gasteiger partial charge in [0.05, 0.1) is 22.1 Å². The Labute approximate surface area is 153 Å². The van der Waals surface area contributed by atoms with Crippen LogP contribution in [0.25, 0.3) is 0 Å². The number of hydrogen-bond donors (Lipinski definition) is 1. The summed E-state index contributed by atoms with van der Waals surface area (Å²) in [4.78, 5) is 12.7. The Hall–Kier alpha value is -2.69. The number of amides is 1. The van der Waals surface area contributed by atoms with Gasteiger partial charge in [-0.1, -0.05) is 18.6 Å². The highest BCUT2D eigenvalue weighted by Crippen LogP contribution is 2.24. The van der Waals surface area contributed by atoms with Crippen molar-refractivity contribution in [3.63, 3.8) is 0 Å². The minimum atomic E-state index is -3.71. The Kier molecular flexibility index (Phi) is 5.35. The van der Waals surface area contributed by atoms with Crippen LogP contribution >= 0.6 is 0 Å². The number of nitrogens with one attached hydrogen (secondary N) is 1. The van der Waals surface area contributed by atoms with E-state index in [0.29, 0.717) is 24.3 Å². The first-order valence-electron chi connectivity index (χ1n) is 8.43. The van der Waals surface area contributed by atoms with Crippen molar-refractivity contribution in [2.45, 2.75) is 24.2 Å². The van der Waals surface area contributed by atoms with Gasteiger partial charge in [0.25, 0.3) is 5.91 Å². The van der Waals surface area contributed by atoms with Gasteiger partial charge in [0.1, 0.15) is 0 Å². The summed E-state index contributed by atoms with van der Waals surface area (Å²) in [5, 5.41) is 11.5. The summed E-state index contributed by atoms with van der Waals surface area (Å²) in [6.07, 6.45) is 2.69. The van der Waals surface area contributed by atoms with Crippen LogP contribution in [0.2, 0.25) is 0 Å².